The first-order valence-corrected chi connectivity index (χ1v) is 9.91. The van der Waals surface area contributed by atoms with Gasteiger partial charge in [0.05, 0.1) is 5.60 Å². The Balaban J connectivity index is 1.58. The molecular formula is C22H30N4O2. The molecule has 1 fully saturated rings. The number of aromatic nitrogens is 2. The maximum Gasteiger partial charge on any atom is 0.223 e. The SMILES string of the molecule is CN(CCc1ccccn1)c1ncccc1CNC(=O)C1CCOC(C)(C)C1. The molecule has 1 saturated heterocycles. The van der Waals surface area contributed by atoms with Crippen molar-refractivity contribution in [3.8, 4) is 0 Å². The van der Waals surface area contributed by atoms with Crippen LogP contribution in [0.3, 0.4) is 0 Å². The molecule has 0 spiro atoms. The van der Waals surface area contributed by atoms with E-state index in [1.165, 1.54) is 0 Å². The fourth-order valence-electron chi connectivity index (χ4n) is 3.63. The number of nitrogens with one attached hydrogen (secondary N) is 1. The normalized spacial score (nSPS) is 18.5. The third-order valence-electron chi connectivity index (χ3n) is 5.18. The Morgan fingerprint density at radius 3 is 2.82 bits per heavy atom. The Morgan fingerprint density at radius 2 is 2.07 bits per heavy atom. The van der Waals surface area contributed by atoms with E-state index in [-0.39, 0.29) is 17.4 Å². The van der Waals surface area contributed by atoms with E-state index in [1.54, 1.807) is 6.20 Å². The zero-order valence-corrected chi connectivity index (χ0v) is 17.0. The Bertz CT molecular complexity index is 779. The largest absolute Gasteiger partial charge is 0.376 e. The molecule has 150 valence electrons. The highest BCUT2D eigenvalue weighted by Gasteiger charge is 2.32. The van der Waals surface area contributed by atoms with Crippen molar-refractivity contribution in [3.05, 3.63) is 54.0 Å². The van der Waals surface area contributed by atoms with Gasteiger partial charge in [0.2, 0.25) is 5.91 Å². The summed E-state index contributed by atoms with van der Waals surface area (Å²) in [6, 6.07) is 9.89. The van der Waals surface area contributed by atoms with Crippen molar-refractivity contribution in [2.45, 2.75) is 45.3 Å². The molecule has 1 aliphatic heterocycles. The van der Waals surface area contributed by atoms with Crippen LogP contribution < -0.4 is 10.2 Å². The minimum Gasteiger partial charge on any atom is -0.376 e. The number of ether oxygens (including phenoxy) is 1. The van der Waals surface area contributed by atoms with Crippen LogP contribution in [0.4, 0.5) is 5.82 Å². The van der Waals surface area contributed by atoms with Crippen LogP contribution in [0.5, 0.6) is 0 Å². The van der Waals surface area contributed by atoms with Gasteiger partial charge in [-0.05, 0) is 44.9 Å². The van der Waals surface area contributed by atoms with E-state index in [2.05, 4.69) is 20.2 Å². The molecule has 6 heteroatoms. The van der Waals surface area contributed by atoms with Crippen LogP contribution in [0, 0.1) is 5.92 Å². The lowest BCUT2D eigenvalue weighted by Gasteiger charge is -2.34. The third-order valence-corrected chi connectivity index (χ3v) is 5.18. The van der Waals surface area contributed by atoms with Gasteiger partial charge >= 0.3 is 0 Å². The average molecular weight is 383 g/mol. The van der Waals surface area contributed by atoms with Crippen LogP contribution in [-0.4, -0.2) is 41.7 Å². The number of carbonyl (C=O) groups is 1. The lowest BCUT2D eigenvalue weighted by Crippen LogP contribution is -2.41. The Morgan fingerprint density at radius 1 is 1.25 bits per heavy atom. The van der Waals surface area contributed by atoms with Crippen LogP contribution in [0.15, 0.2) is 42.7 Å². The highest BCUT2D eigenvalue weighted by Crippen LogP contribution is 2.28. The summed E-state index contributed by atoms with van der Waals surface area (Å²) in [4.78, 5) is 23.7. The van der Waals surface area contributed by atoms with Crippen molar-refractivity contribution in [3.63, 3.8) is 0 Å². The second-order valence-electron chi connectivity index (χ2n) is 7.99. The number of rotatable bonds is 7. The Hall–Kier alpha value is -2.47. The number of hydrogen-bond donors (Lipinski definition) is 1. The summed E-state index contributed by atoms with van der Waals surface area (Å²) in [6.45, 7) is 6.01. The van der Waals surface area contributed by atoms with Gasteiger partial charge in [-0.15, -0.1) is 0 Å². The number of carbonyl (C=O) groups excluding carboxylic acids is 1. The zero-order chi connectivity index (χ0) is 20.0. The number of amides is 1. The maximum absolute atomic E-state index is 12.6. The summed E-state index contributed by atoms with van der Waals surface area (Å²) >= 11 is 0. The van der Waals surface area contributed by atoms with Crippen LogP contribution >= 0.6 is 0 Å². The molecule has 6 nitrogen and oxygen atoms in total. The topological polar surface area (TPSA) is 67.4 Å². The monoisotopic (exact) mass is 382 g/mol. The van der Waals surface area contributed by atoms with E-state index in [0.29, 0.717) is 13.2 Å². The van der Waals surface area contributed by atoms with E-state index in [4.69, 9.17) is 4.74 Å². The van der Waals surface area contributed by atoms with Gasteiger partial charge in [-0.25, -0.2) is 4.98 Å². The molecule has 0 saturated carbocycles. The Kier molecular flexibility index (Phi) is 6.62. The third kappa shape index (κ3) is 5.52. The molecule has 0 aliphatic carbocycles. The van der Waals surface area contributed by atoms with Crippen molar-refractivity contribution in [2.75, 3.05) is 25.1 Å². The van der Waals surface area contributed by atoms with Gasteiger partial charge < -0.3 is 15.0 Å². The molecule has 1 N–H and O–H groups in total. The first kappa shape index (κ1) is 20.3. The lowest BCUT2D eigenvalue weighted by molar-refractivity contribution is -0.135. The molecule has 0 aromatic carbocycles. The summed E-state index contributed by atoms with van der Waals surface area (Å²) in [5, 5.41) is 3.10. The van der Waals surface area contributed by atoms with Gasteiger partial charge in [0.25, 0.3) is 0 Å². The number of pyridine rings is 2. The number of anilines is 1. The van der Waals surface area contributed by atoms with Gasteiger partial charge in [0.15, 0.2) is 0 Å². The van der Waals surface area contributed by atoms with Gasteiger partial charge in [-0.2, -0.15) is 0 Å². The number of nitrogens with zero attached hydrogens (tertiary/aromatic N) is 3. The second kappa shape index (κ2) is 9.15. The standard InChI is InChI=1S/C22H30N4O2/c1-22(2)15-17(10-14-28-22)21(27)25-16-18-7-6-12-24-20(18)26(3)13-9-19-8-4-5-11-23-19/h4-8,11-12,17H,9-10,13-16H2,1-3H3,(H,25,27). The van der Waals surface area contributed by atoms with Gasteiger partial charge in [0.1, 0.15) is 5.82 Å². The van der Waals surface area contributed by atoms with E-state index >= 15 is 0 Å². The van der Waals surface area contributed by atoms with Gasteiger partial charge in [-0.1, -0.05) is 12.1 Å². The van der Waals surface area contributed by atoms with Crippen molar-refractivity contribution in [1.29, 1.82) is 0 Å². The summed E-state index contributed by atoms with van der Waals surface area (Å²) in [5.74, 6) is 0.999. The quantitative estimate of drug-likeness (QED) is 0.797. The van der Waals surface area contributed by atoms with E-state index in [1.807, 2.05) is 57.4 Å². The molecule has 2 aromatic rings. The molecule has 1 amide bonds. The second-order valence-corrected chi connectivity index (χ2v) is 7.99. The summed E-state index contributed by atoms with van der Waals surface area (Å²) in [6.07, 6.45) is 5.98. The first-order valence-electron chi connectivity index (χ1n) is 9.91. The fraction of sp³-hybridized carbons (Fsp3) is 0.500. The van der Waals surface area contributed by atoms with Crippen molar-refractivity contribution in [2.24, 2.45) is 5.92 Å². The molecule has 1 unspecified atom stereocenters. The van der Waals surface area contributed by atoms with Crippen molar-refractivity contribution in [1.82, 2.24) is 15.3 Å². The van der Waals surface area contributed by atoms with Gasteiger partial charge in [-0.3, -0.25) is 9.78 Å². The molecule has 0 bridgehead atoms. The molecule has 0 radical (unpaired) electrons. The van der Waals surface area contributed by atoms with Crippen LogP contribution in [0.25, 0.3) is 0 Å². The van der Waals surface area contributed by atoms with E-state index < -0.39 is 0 Å². The molecule has 3 heterocycles. The summed E-state index contributed by atoms with van der Waals surface area (Å²) < 4.78 is 5.72. The average Bonchev–Trinajstić information content (AvgIpc) is 2.70. The highest BCUT2D eigenvalue weighted by molar-refractivity contribution is 5.79. The molecule has 2 aromatic heterocycles. The summed E-state index contributed by atoms with van der Waals surface area (Å²) in [7, 11) is 2.03. The zero-order valence-electron chi connectivity index (χ0n) is 17.0. The highest BCUT2D eigenvalue weighted by atomic mass is 16.5. The smallest absolute Gasteiger partial charge is 0.223 e. The number of likely N-dealkylation sites (N-methyl/N-ethyl adjacent to an activating group) is 1. The van der Waals surface area contributed by atoms with Crippen LogP contribution in [-0.2, 0) is 22.5 Å². The predicted molar refractivity (Wildman–Crippen MR) is 110 cm³/mol. The Labute approximate surface area is 167 Å². The summed E-state index contributed by atoms with van der Waals surface area (Å²) in [5.41, 5.74) is 1.85. The van der Waals surface area contributed by atoms with E-state index in [0.717, 1.165) is 42.9 Å². The van der Waals surface area contributed by atoms with E-state index in [9.17, 15) is 4.79 Å². The minimum absolute atomic E-state index is 0.00533. The van der Waals surface area contributed by atoms with Crippen molar-refractivity contribution >= 4 is 11.7 Å². The fourth-order valence-corrected chi connectivity index (χ4v) is 3.63. The first-order chi connectivity index (χ1) is 13.4. The molecule has 28 heavy (non-hydrogen) atoms. The van der Waals surface area contributed by atoms with Crippen LogP contribution in [0.2, 0.25) is 0 Å². The number of hydrogen-bond acceptors (Lipinski definition) is 5. The van der Waals surface area contributed by atoms with Gasteiger partial charge in [0, 0.05) is 62.7 Å². The lowest BCUT2D eigenvalue weighted by atomic mass is 9.88. The van der Waals surface area contributed by atoms with Crippen molar-refractivity contribution < 1.29 is 9.53 Å². The molecule has 1 aliphatic rings. The van der Waals surface area contributed by atoms with Crippen LogP contribution in [0.1, 0.15) is 37.9 Å². The molecular weight excluding hydrogens is 352 g/mol. The minimum atomic E-state index is -0.231. The predicted octanol–water partition coefficient (Wildman–Crippen LogP) is 2.98. The molecule has 3 rings (SSSR count). The molecule has 1 atom stereocenters. The maximum atomic E-state index is 12.6.